The van der Waals surface area contributed by atoms with E-state index in [4.69, 9.17) is 4.74 Å². The maximum atomic E-state index is 11.5. The average Bonchev–Trinajstić information content (AvgIpc) is 3.03. The molecule has 3 heterocycles. The Hall–Kier alpha value is -2.25. The number of aromatic nitrogens is 3. The minimum atomic E-state index is -0.0273. The van der Waals surface area contributed by atoms with Crippen molar-refractivity contribution in [3.8, 4) is 5.69 Å². The summed E-state index contributed by atoms with van der Waals surface area (Å²) in [6.45, 7) is 2.59. The van der Waals surface area contributed by atoms with Crippen LogP contribution in [0.15, 0.2) is 36.7 Å². The first-order chi connectivity index (χ1) is 11.3. The van der Waals surface area contributed by atoms with E-state index in [0.29, 0.717) is 6.54 Å². The van der Waals surface area contributed by atoms with E-state index >= 15 is 0 Å². The zero-order valence-electron chi connectivity index (χ0n) is 12.8. The fraction of sp³-hybridized carbons (Fsp3) is 0.438. The van der Waals surface area contributed by atoms with E-state index in [1.807, 2.05) is 35.0 Å². The second kappa shape index (κ2) is 6.10. The Morgan fingerprint density at radius 3 is 3.04 bits per heavy atom. The van der Waals surface area contributed by atoms with Gasteiger partial charge in [-0.2, -0.15) is 5.10 Å². The predicted octanol–water partition coefficient (Wildman–Crippen LogP) is 0.357. The fourth-order valence-electron chi connectivity index (χ4n) is 3.27. The summed E-state index contributed by atoms with van der Waals surface area (Å²) in [5.41, 5.74) is 1.00. The molecule has 1 N–H and O–H groups in total. The third kappa shape index (κ3) is 2.97. The molecule has 23 heavy (non-hydrogen) atoms. The molecule has 4 rings (SSSR count). The molecule has 2 aromatic rings. The van der Waals surface area contributed by atoms with Crippen molar-refractivity contribution in [3.05, 3.63) is 42.5 Å². The summed E-state index contributed by atoms with van der Waals surface area (Å²) in [6.07, 6.45) is 2.64. The molecule has 0 radical (unpaired) electrons. The molecule has 2 aliphatic heterocycles. The van der Waals surface area contributed by atoms with Gasteiger partial charge in [0.15, 0.2) is 0 Å². The molecule has 2 aliphatic rings. The molecule has 0 bridgehead atoms. The summed E-state index contributed by atoms with van der Waals surface area (Å²) in [5, 5.41) is 7.36. The summed E-state index contributed by atoms with van der Waals surface area (Å²) >= 11 is 0. The molecule has 1 amide bonds. The van der Waals surface area contributed by atoms with Gasteiger partial charge >= 0.3 is 0 Å². The molecule has 1 aromatic carbocycles. The smallest absolute Gasteiger partial charge is 0.246 e. The van der Waals surface area contributed by atoms with Gasteiger partial charge in [0.2, 0.25) is 5.91 Å². The summed E-state index contributed by atoms with van der Waals surface area (Å²) in [5.74, 6) is 0.873. The Morgan fingerprint density at radius 2 is 2.17 bits per heavy atom. The highest BCUT2D eigenvalue weighted by Crippen LogP contribution is 2.19. The Balaban J connectivity index is 1.47. The number of carbonyl (C=O) groups is 1. The van der Waals surface area contributed by atoms with Crippen LogP contribution in [0.2, 0.25) is 0 Å². The summed E-state index contributed by atoms with van der Waals surface area (Å²) in [6, 6.07) is 10.1. The van der Waals surface area contributed by atoms with Gasteiger partial charge in [-0.15, -0.1) is 0 Å². The number of nitrogens with zero attached hydrogens (tertiary/aromatic N) is 4. The highest BCUT2D eigenvalue weighted by atomic mass is 16.5. The predicted molar refractivity (Wildman–Crippen MR) is 82.9 cm³/mol. The van der Waals surface area contributed by atoms with Gasteiger partial charge in [0.1, 0.15) is 18.8 Å². The first-order valence-electron chi connectivity index (χ1n) is 7.87. The van der Waals surface area contributed by atoms with Crippen molar-refractivity contribution in [1.82, 2.24) is 25.0 Å². The van der Waals surface area contributed by atoms with Gasteiger partial charge in [-0.3, -0.25) is 9.69 Å². The molecule has 0 spiro atoms. The minimum Gasteiger partial charge on any atom is -0.366 e. The van der Waals surface area contributed by atoms with E-state index in [9.17, 15) is 4.79 Å². The number of para-hydroxylation sites is 1. The molecule has 120 valence electrons. The lowest BCUT2D eigenvalue weighted by Crippen LogP contribution is -2.60. The van der Waals surface area contributed by atoms with Crippen molar-refractivity contribution in [2.75, 3.05) is 19.7 Å². The number of rotatable bonds is 3. The van der Waals surface area contributed by atoms with Crippen LogP contribution >= 0.6 is 0 Å². The van der Waals surface area contributed by atoms with E-state index in [0.717, 1.165) is 31.0 Å². The van der Waals surface area contributed by atoms with E-state index in [1.54, 1.807) is 6.33 Å². The van der Waals surface area contributed by atoms with Crippen LogP contribution in [-0.4, -0.2) is 57.4 Å². The first-order valence-corrected chi connectivity index (χ1v) is 7.87. The highest BCUT2D eigenvalue weighted by Gasteiger charge is 2.35. The number of likely N-dealkylation sites (tertiary alicyclic amines) is 1. The molecule has 2 saturated heterocycles. The summed E-state index contributed by atoms with van der Waals surface area (Å²) < 4.78 is 7.46. The molecule has 0 aliphatic carbocycles. The van der Waals surface area contributed by atoms with E-state index in [2.05, 4.69) is 20.3 Å². The Morgan fingerprint density at radius 1 is 1.30 bits per heavy atom. The van der Waals surface area contributed by atoms with Crippen LogP contribution in [0.5, 0.6) is 0 Å². The molecule has 0 unspecified atom stereocenters. The number of ether oxygens (including phenoxy) is 1. The van der Waals surface area contributed by atoms with Gasteiger partial charge in [-0.1, -0.05) is 18.2 Å². The van der Waals surface area contributed by atoms with Crippen molar-refractivity contribution in [3.63, 3.8) is 0 Å². The highest BCUT2D eigenvalue weighted by molar-refractivity contribution is 5.78. The van der Waals surface area contributed by atoms with Gasteiger partial charge < -0.3 is 10.1 Å². The van der Waals surface area contributed by atoms with Gasteiger partial charge in [0.05, 0.1) is 24.4 Å². The van der Waals surface area contributed by atoms with E-state index in [1.165, 1.54) is 0 Å². The van der Waals surface area contributed by atoms with E-state index in [-0.39, 0.29) is 24.7 Å². The number of hydrogen-bond donors (Lipinski definition) is 1. The quantitative estimate of drug-likeness (QED) is 0.886. The number of hydrogen-bond acceptors (Lipinski definition) is 5. The van der Waals surface area contributed by atoms with Crippen molar-refractivity contribution >= 4 is 5.91 Å². The second-order valence-electron chi connectivity index (χ2n) is 5.97. The standard InChI is InChI=1S/C16H19N5O2/c22-16-10-23-14-6-7-20(8-13(14)19-16)9-15-17-11-18-21(15)12-4-2-1-3-5-12/h1-5,11,13-14H,6-10H2,(H,19,22)/t13-,14-/m1/s1. The minimum absolute atomic E-state index is 0.0273. The lowest BCUT2D eigenvalue weighted by molar-refractivity contribution is -0.140. The van der Waals surface area contributed by atoms with Crippen LogP contribution in [0.4, 0.5) is 0 Å². The lowest BCUT2D eigenvalue weighted by Gasteiger charge is -2.40. The molecule has 7 heteroatoms. The average molecular weight is 313 g/mol. The third-order valence-corrected chi connectivity index (χ3v) is 4.39. The van der Waals surface area contributed by atoms with E-state index < -0.39 is 0 Å². The normalized spacial score (nSPS) is 25.0. The molecule has 2 fully saturated rings. The van der Waals surface area contributed by atoms with Crippen molar-refractivity contribution in [2.45, 2.75) is 25.1 Å². The summed E-state index contributed by atoms with van der Waals surface area (Å²) in [4.78, 5) is 18.2. The van der Waals surface area contributed by atoms with Gasteiger partial charge in [-0.25, -0.2) is 9.67 Å². The molecule has 2 atom stereocenters. The lowest BCUT2D eigenvalue weighted by atomic mass is 10.0. The zero-order chi connectivity index (χ0) is 15.6. The first kappa shape index (κ1) is 14.3. The van der Waals surface area contributed by atoms with Crippen LogP contribution in [-0.2, 0) is 16.1 Å². The van der Waals surface area contributed by atoms with Crippen LogP contribution < -0.4 is 5.32 Å². The molecule has 0 saturated carbocycles. The topological polar surface area (TPSA) is 72.3 Å². The van der Waals surface area contributed by atoms with Crippen LogP contribution in [0.3, 0.4) is 0 Å². The number of amides is 1. The van der Waals surface area contributed by atoms with Gasteiger partial charge in [-0.05, 0) is 18.6 Å². The summed E-state index contributed by atoms with van der Waals surface area (Å²) in [7, 11) is 0. The monoisotopic (exact) mass is 313 g/mol. The second-order valence-corrected chi connectivity index (χ2v) is 5.97. The van der Waals surface area contributed by atoms with Crippen molar-refractivity contribution < 1.29 is 9.53 Å². The van der Waals surface area contributed by atoms with Crippen molar-refractivity contribution in [1.29, 1.82) is 0 Å². The zero-order valence-corrected chi connectivity index (χ0v) is 12.8. The van der Waals surface area contributed by atoms with Crippen LogP contribution in [0.25, 0.3) is 5.69 Å². The van der Waals surface area contributed by atoms with Gasteiger partial charge in [0, 0.05) is 13.1 Å². The van der Waals surface area contributed by atoms with Crippen LogP contribution in [0, 0.1) is 0 Å². The Bertz CT molecular complexity index is 687. The molecule has 1 aromatic heterocycles. The molecular weight excluding hydrogens is 294 g/mol. The Kier molecular flexibility index (Phi) is 3.80. The van der Waals surface area contributed by atoms with Gasteiger partial charge in [0.25, 0.3) is 0 Å². The number of fused-ring (bicyclic) bond motifs is 1. The number of morpholine rings is 1. The third-order valence-electron chi connectivity index (χ3n) is 4.39. The number of piperidine rings is 1. The number of nitrogens with one attached hydrogen (secondary N) is 1. The Labute approximate surface area is 134 Å². The SMILES string of the molecule is O=C1CO[C@@H]2CCN(Cc3ncnn3-c3ccccc3)C[C@H]2N1. The maximum absolute atomic E-state index is 11.5. The number of benzene rings is 1. The van der Waals surface area contributed by atoms with Crippen LogP contribution in [0.1, 0.15) is 12.2 Å². The molecular formula is C16H19N5O2. The largest absolute Gasteiger partial charge is 0.366 e. The fourth-order valence-corrected chi connectivity index (χ4v) is 3.27. The number of carbonyl (C=O) groups excluding carboxylic acids is 1. The molecule has 7 nitrogen and oxygen atoms in total. The van der Waals surface area contributed by atoms with Crippen molar-refractivity contribution in [2.24, 2.45) is 0 Å². The maximum Gasteiger partial charge on any atom is 0.246 e.